The Kier molecular flexibility index (Phi) is 4.65. The minimum absolute atomic E-state index is 0.105. The lowest BCUT2D eigenvalue weighted by atomic mass is 9.86. The molecular formula is C19H22FNO. The van der Waals surface area contributed by atoms with Crippen LogP contribution in [0, 0.1) is 5.82 Å². The Bertz CT molecular complexity index is 659. The number of nitrogens with zero attached hydrogens (tertiary/aromatic N) is 1. The molecule has 22 heavy (non-hydrogen) atoms. The molecule has 0 bridgehead atoms. The van der Waals surface area contributed by atoms with Gasteiger partial charge in [0.05, 0.1) is 6.54 Å². The predicted octanol–water partition coefficient (Wildman–Crippen LogP) is 4.68. The van der Waals surface area contributed by atoms with Crippen LogP contribution < -0.4 is 4.90 Å². The van der Waals surface area contributed by atoms with Gasteiger partial charge in [-0.2, -0.15) is 0 Å². The Morgan fingerprint density at radius 3 is 2.23 bits per heavy atom. The van der Waals surface area contributed by atoms with Gasteiger partial charge >= 0.3 is 0 Å². The van der Waals surface area contributed by atoms with Crippen LogP contribution >= 0.6 is 0 Å². The van der Waals surface area contributed by atoms with Gasteiger partial charge in [-0.3, -0.25) is 4.79 Å². The average molecular weight is 299 g/mol. The van der Waals surface area contributed by atoms with Gasteiger partial charge < -0.3 is 4.90 Å². The maximum absolute atomic E-state index is 14.4. The fourth-order valence-electron chi connectivity index (χ4n) is 2.43. The predicted molar refractivity (Wildman–Crippen MR) is 88.4 cm³/mol. The van der Waals surface area contributed by atoms with E-state index in [-0.39, 0.29) is 17.1 Å². The lowest BCUT2D eigenvalue weighted by Crippen LogP contribution is -2.28. The summed E-state index contributed by atoms with van der Waals surface area (Å²) >= 11 is 0. The minimum Gasteiger partial charge on any atom is -0.308 e. The van der Waals surface area contributed by atoms with Crippen molar-refractivity contribution in [3.63, 3.8) is 0 Å². The number of hydrogen-bond acceptors (Lipinski definition) is 1. The van der Waals surface area contributed by atoms with E-state index in [1.54, 1.807) is 11.0 Å². The van der Waals surface area contributed by atoms with Crippen LogP contribution in [0.3, 0.4) is 0 Å². The van der Waals surface area contributed by atoms with Gasteiger partial charge in [0.2, 0.25) is 5.91 Å². The van der Waals surface area contributed by atoms with Crippen molar-refractivity contribution in [1.29, 1.82) is 0 Å². The van der Waals surface area contributed by atoms with Crippen LogP contribution in [0.4, 0.5) is 10.1 Å². The second kappa shape index (κ2) is 6.30. The Hall–Kier alpha value is -2.16. The van der Waals surface area contributed by atoms with E-state index in [4.69, 9.17) is 0 Å². The fourth-order valence-corrected chi connectivity index (χ4v) is 2.43. The first-order chi connectivity index (χ1) is 10.3. The summed E-state index contributed by atoms with van der Waals surface area (Å²) in [5.41, 5.74) is 1.99. The molecule has 0 unspecified atom stereocenters. The average Bonchev–Trinajstić information content (AvgIpc) is 2.44. The Morgan fingerprint density at radius 2 is 1.73 bits per heavy atom. The van der Waals surface area contributed by atoms with Crippen LogP contribution in [0.25, 0.3) is 0 Å². The van der Waals surface area contributed by atoms with Gasteiger partial charge in [-0.25, -0.2) is 4.39 Å². The molecule has 0 spiro atoms. The van der Waals surface area contributed by atoms with Crippen molar-refractivity contribution in [2.75, 3.05) is 4.90 Å². The van der Waals surface area contributed by atoms with E-state index in [0.717, 1.165) is 5.56 Å². The standard InChI is InChI=1S/C19H22FNO/c1-14(22)21(13-15-8-6-5-7-9-15)16-10-11-17(18(20)12-16)19(2,3)4/h5-12H,13H2,1-4H3. The number of benzene rings is 2. The lowest BCUT2D eigenvalue weighted by Gasteiger charge is -2.24. The second-order valence-electron chi connectivity index (χ2n) is 6.50. The van der Waals surface area contributed by atoms with Crippen molar-refractivity contribution in [2.45, 2.75) is 39.7 Å². The molecule has 1 amide bonds. The summed E-state index contributed by atoms with van der Waals surface area (Å²) in [7, 11) is 0. The maximum atomic E-state index is 14.4. The normalized spacial score (nSPS) is 11.3. The summed E-state index contributed by atoms with van der Waals surface area (Å²) in [5, 5.41) is 0. The third-order valence-electron chi connectivity index (χ3n) is 3.64. The Morgan fingerprint density at radius 1 is 1.09 bits per heavy atom. The van der Waals surface area contributed by atoms with Crippen molar-refractivity contribution in [2.24, 2.45) is 0 Å². The molecule has 0 saturated heterocycles. The highest BCUT2D eigenvalue weighted by atomic mass is 19.1. The molecule has 2 nitrogen and oxygen atoms in total. The quantitative estimate of drug-likeness (QED) is 0.806. The number of halogens is 1. The highest BCUT2D eigenvalue weighted by Crippen LogP contribution is 2.28. The van der Waals surface area contributed by atoms with Gasteiger partial charge in [0.1, 0.15) is 5.82 Å². The summed E-state index contributed by atoms with van der Waals surface area (Å²) in [4.78, 5) is 13.5. The van der Waals surface area contributed by atoms with Gasteiger partial charge in [0.15, 0.2) is 0 Å². The monoisotopic (exact) mass is 299 g/mol. The number of amides is 1. The first kappa shape index (κ1) is 16.2. The Labute approximate surface area is 131 Å². The SMILES string of the molecule is CC(=O)N(Cc1ccccc1)c1ccc(C(C)(C)C)c(F)c1. The zero-order chi connectivity index (χ0) is 16.3. The zero-order valence-corrected chi connectivity index (χ0v) is 13.6. The molecule has 2 aromatic rings. The van der Waals surface area contributed by atoms with E-state index in [0.29, 0.717) is 17.8 Å². The van der Waals surface area contributed by atoms with Crippen LogP contribution in [-0.2, 0) is 16.8 Å². The van der Waals surface area contributed by atoms with E-state index in [9.17, 15) is 9.18 Å². The van der Waals surface area contributed by atoms with Crippen LogP contribution in [0.1, 0.15) is 38.8 Å². The van der Waals surface area contributed by atoms with Gasteiger partial charge in [-0.05, 0) is 28.7 Å². The van der Waals surface area contributed by atoms with Crippen LogP contribution in [-0.4, -0.2) is 5.91 Å². The largest absolute Gasteiger partial charge is 0.308 e. The smallest absolute Gasteiger partial charge is 0.224 e. The van der Waals surface area contributed by atoms with E-state index in [1.165, 1.54) is 13.0 Å². The third kappa shape index (κ3) is 3.73. The van der Waals surface area contributed by atoms with Crippen molar-refractivity contribution >= 4 is 11.6 Å². The highest BCUT2D eigenvalue weighted by Gasteiger charge is 2.20. The summed E-state index contributed by atoms with van der Waals surface area (Å²) in [6, 6.07) is 14.7. The van der Waals surface area contributed by atoms with Crippen LogP contribution in [0.15, 0.2) is 48.5 Å². The Balaban J connectivity index is 2.34. The first-order valence-electron chi connectivity index (χ1n) is 7.41. The molecule has 0 aromatic heterocycles. The summed E-state index contributed by atoms with van der Waals surface area (Å²) in [5.74, 6) is -0.379. The summed E-state index contributed by atoms with van der Waals surface area (Å²) in [6.45, 7) is 7.84. The van der Waals surface area contributed by atoms with Crippen LogP contribution in [0.5, 0.6) is 0 Å². The van der Waals surface area contributed by atoms with Crippen molar-refractivity contribution in [1.82, 2.24) is 0 Å². The van der Waals surface area contributed by atoms with Gasteiger partial charge in [-0.1, -0.05) is 57.2 Å². The summed E-state index contributed by atoms with van der Waals surface area (Å²) in [6.07, 6.45) is 0. The molecule has 0 heterocycles. The molecule has 0 fully saturated rings. The molecule has 2 aromatic carbocycles. The highest BCUT2D eigenvalue weighted by molar-refractivity contribution is 5.91. The third-order valence-corrected chi connectivity index (χ3v) is 3.64. The molecule has 0 aliphatic rings. The van der Waals surface area contributed by atoms with Crippen molar-refractivity contribution < 1.29 is 9.18 Å². The molecule has 0 aliphatic carbocycles. The number of rotatable bonds is 3. The van der Waals surface area contributed by atoms with E-state index in [1.807, 2.05) is 57.2 Å². The van der Waals surface area contributed by atoms with E-state index in [2.05, 4.69) is 0 Å². The second-order valence-corrected chi connectivity index (χ2v) is 6.50. The number of carbonyl (C=O) groups excluding carboxylic acids is 1. The first-order valence-corrected chi connectivity index (χ1v) is 7.41. The molecule has 0 radical (unpaired) electrons. The van der Waals surface area contributed by atoms with Crippen molar-refractivity contribution in [3.05, 3.63) is 65.5 Å². The molecule has 3 heteroatoms. The maximum Gasteiger partial charge on any atom is 0.224 e. The van der Waals surface area contributed by atoms with Gasteiger partial charge in [-0.15, -0.1) is 0 Å². The molecule has 0 atom stereocenters. The van der Waals surface area contributed by atoms with Gasteiger partial charge in [0, 0.05) is 12.6 Å². The molecule has 0 N–H and O–H groups in total. The zero-order valence-electron chi connectivity index (χ0n) is 13.6. The topological polar surface area (TPSA) is 20.3 Å². The number of carbonyl (C=O) groups is 1. The molecule has 2 rings (SSSR count). The molecule has 0 saturated carbocycles. The fraction of sp³-hybridized carbons (Fsp3) is 0.316. The minimum atomic E-state index is -0.274. The number of anilines is 1. The van der Waals surface area contributed by atoms with E-state index >= 15 is 0 Å². The summed E-state index contributed by atoms with van der Waals surface area (Å²) < 4.78 is 14.4. The van der Waals surface area contributed by atoms with Crippen molar-refractivity contribution in [3.8, 4) is 0 Å². The molecule has 116 valence electrons. The number of hydrogen-bond donors (Lipinski definition) is 0. The lowest BCUT2D eigenvalue weighted by molar-refractivity contribution is -0.116. The molecular weight excluding hydrogens is 277 g/mol. The molecule has 0 aliphatic heterocycles. The van der Waals surface area contributed by atoms with Gasteiger partial charge in [0.25, 0.3) is 0 Å². The van der Waals surface area contributed by atoms with Crippen LogP contribution in [0.2, 0.25) is 0 Å². The van der Waals surface area contributed by atoms with E-state index < -0.39 is 0 Å².